The quantitative estimate of drug-likeness (QED) is 0.195. The number of carboxylic acid groups (broad SMARTS) is 1. The Morgan fingerprint density at radius 1 is 1.05 bits per heavy atom. The number of aryl methyl sites for hydroxylation is 1. The molecule has 2 heterocycles. The minimum atomic E-state index is -4.75. The summed E-state index contributed by atoms with van der Waals surface area (Å²) >= 11 is 0. The number of aliphatic carboxylic acids is 1. The minimum Gasteiger partial charge on any atom is -0.497 e. The number of carboxylic acids is 1. The van der Waals surface area contributed by atoms with Gasteiger partial charge in [0.05, 0.1) is 12.7 Å². The van der Waals surface area contributed by atoms with E-state index in [9.17, 15) is 31.1 Å². The fourth-order valence-corrected chi connectivity index (χ4v) is 3.68. The summed E-state index contributed by atoms with van der Waals surface area (Å²) in [5, 5.41) is 15.2. The van der Waals surface area contributed by atoms with Gasteiger partial charge in [-0.1, -0.05) is 18.2 Å². The van der Waals surface area contributed by atoms with Gasteiger partial charge in [-0.25, -0.2) is 14.5 Å². The highest BCUT2D eigenvalue weighted by molar-refractivity contribution is 5.86. The number of alkyl halides is 6. The van der Waals surface area contributed by atoms with Gasteiger partial charge >= 0.3 is 18.3 Å². The number of nitrogens with one attached hydrogen (secondary N) is 1. The first-order chi connectivity index (χ1) is 18.7. The Kier molecular flexibility index (Phi) is 7.53. The van der Waals surface area contributed by atoms with Crippen molar-refractivity contribution in [2.75, 3.05) is 12.4 Å². The Balaban J connectivity index is 1.86. The van der Waals surface area contributed by atoms with Crippen LogP contribution in [0.25, 0.3) is 23.0 Å². The Morgan fingerprint density at radius 3 is 2.42 bits per heavy atom. The number of halogens is 6. The molecule has 0 saturated carbocycles. The van der Waals surface area contributed by atoms with Crippen LogP contribution in [-0.2, 0) is 17.1 Å². The zero-order valence-corrected chi connectivity index (χ0v) is 20.7. The molecule has 8 nitrogen and oxygen atoms in total. The number of benzene rings is 2. The van der Waals surface area contributed by atoms with E-state index in [-0.39, 0.29) is 34.5 Å². The van der Waals surface area contributed by atoms with Gasteiger partial charge in [0.15, 0.2) is 11.5 Å². The molecule has 0 unspecified atom stereocenters. The maximum atomic E-state index is 13.4. The summed E-state index contributed by atoms with van der Waals surface area (Å²) in [5.41, 5.74) is -1.09. The second kappa shape index (κ2) is 10.7. The lowest BCUT2D eigenvalue weighted by Crippen LogP contribution is -2.11. The summed E-state index contributed by atoms with van der Waals surface area (Å²) in [6.07, 6.45) is -5.92. The molecule has 14 heteroatoms. The molecule has 40 heavy (non-hydrogen) atoms. The summed E-state index contributed by atoms with van der Waals surface area (Å²) in [5.74, 6) is -1.62. The van der Waals surface area contributed by atoms with Crippen molar-refractivity contribution in [3.63, 3.8) is 0 Å². The van der Waals surface area contributed by atoms with Crippen molar-refractivity contribution >= 4 is 23.7 Å². The highest BCUT2D eigenvalue weighted by atomic mass is 19.4. The molecule has 2 aromatic heterocycles. The zero-order valence-electron chi connectivity index (χ0n) is 20.7. The fraction of sp³-hybridized carbons (Fsp3) is 0.154. The average Bonchev–Trinajstić information content (AvgIpc) is 3.29. The highest BCUT2D eigenvalue weighted by Gasteiger charge is 2.35. The van der Waals surface area contributed by atoms with Crippen LogP contribution >= 0.6 is 0 Å². The van der Waals surface area contributed by atoms with Crippen LogP contribution < -0.4 is 10.1 Å². The lowest BCUT2D eigenvalue weighted by Gasteiger charge is -2.15. The molecule has 4 aromatic rings. The van der Waals surface area contributed by atoms with Crippen LogP contribution in [0, 0.1) is 6.92 Å². The molecule has 0 fully saturated rings. The van der Waals surface area contributed by atoms with E-state index in [0.29, 0.717) is 11.1 Å². The third-order valence-electron chi connectivity index (χ3n) is 5.49. The first kappa shape index (κ1) is 28.1. The molecule has 0 amide bonds. The average molecular weight is 563 g/mol. The molecule has 2 aromatic carbocycles. The van der Waals surface area contributed by atoms with Gasteiger partial charge in [-0.15, -0.1) is 0 Å². The van der Waals surface area contributed by atoms with Crippen LogP contribution in [0.5, 0.6) is 5.75 Å². The van der Waals surface area contributed by atoms with Gasteiger partial charge in [0.2, 0.25) is 5.95 Å². The van der Waals surface area contributed by atoms with Gasteiger partial charge in [0.1, 0.15) is 5.75 Å². The number of hydrogen-bond acceptors (Lipinski definition) is 6. The van der Waals surface area contributed by atoms with Gasteiger partial charge in [-0.05, 0) is 48.4 Å². The Morgan fingerprint density at radius 2 is 1.80 bits per heavy atom. The lowest BCUT2D eigenvalue weighted by molar-refractivity contribution is -0.141. The monoisotopic (exact) mass is 563 g/mol. The van der Waals surface area contributed by atoms with Crippen molar-refractivity contribution in [2.45, 2.75) is 19.3 Å². The molecule has 2 N–H and O–H groups in total. The maximum Gasteiger partial charge on any atom is 0.435 e. The number of carbonyl (C=O) groups is 1. The summed E-state index contributed by atoms with van der Waals surface area (Å²) in [6, 6.07) is 10.1. The van der Waals surface area contributed by atoms with Crippen LogP contribution in [0.2, 0.25) is 0 Å². The second-order valence-corrected chi connectivity index (χ2v) is 8.38. The summed E-state index contributed by atoms with van der Waals surface area (Å²) in [4.78, 5) is 19.4. The number of rotatable bonds is 7. The van der Waals surface area contributed by atoms with E-state index in [1.165, 1.54) is 32.4 Å². The maximum absolute atomic E-state index is 13.4. The van der Waals surface area contributed by atoms with Crippen LogP contribution in [0.3, 0.4) is 0 Å². The van der Waals surface area contributed by atoms with Crippen LogP contribution in [-0.4, -0.2) is 37.9 Å². The van der Waals surface area contributed by atoms with E-state index in [4.69, 9.17) is 9.84 Å². The summed E-state index contributed by atoms with van der Waals surface area (Å²) in [7, 11) is 1.20. The molecular weight excluding hydrogens is 544 g/mol. The minimum absolute atomic E-state index is 0.0703. The van der Waals surface area contributed by atoms with Gasteiger partial charge < -0.3 is 15.2 Å². The van der Waals surface area contributed by atoms with Crippen molar-refractivity contribution in [3.8, 4) is 22.7 Å². The largest absolute Gasteiger partial charge is 0.497 e. The van der Waals surface area contributed by atoms with Crippen molar-refractivity contribution in [3.05, 3.63) is 83.3 Å². The Labute approximate surface area is 222 Å². The van der Waals surface area contributed by atoms with Crippen molar-refractivity contribution in [1.29, 1.82) is 0 Å². The first-order valence-corrected chi connectivity index (χ1v) is 11.3. The molecule has 0 aliphatic rings. The van der Waals surface area contributed by atoms with E-state index < -0.39 is 29.6 Å². The molecule has 0 aliphatic carbocycles. The number of hydrogen-bond donors (Lipinski definition) is 2. The van der Waals surface area contributed by atoms with Gasteiger partial charge in [-0.2, -0.15) is 36.4 Å². The number of nitrogens with zero attached hydrogens (tertiary/aromatic N) is 4. The van der Waals surface area contributed by atoms with E-state index >= 15 is 0 Å². The van der Waals surface area contributed by atoms with E-state index in [0.717, 1.165) is 29.0 Å². The normalized spacial score (nSPS) is 12.1. The van der Waals surface area contributed by atoms with Crippen LogP contribution in [0.15, 0.2) is 60.8 Å². The predicted octanol–water partition coefficient (Wildman–Crippen LogP) is 6.53. The smallest absolute Gasteiger partial charge is 0.435 e. The van der Waals surface area contributed by atoms with E-state index in [1.54, 1.807) is 24.3 Å². The second-order valence-electron chi connectivity index (χ2n) is 8.38. The molecule has 0 aliphatic heterocycles. The molecule has 0 radical (unpaired) electrons. The van der Waals surface area contributed by atoms with Crippen LogP contribution in [0.4, 0.5) is 38.0 Å². The summed E-state index contributed by atoms with van der Waals surface area (Å²) < 4.78 is 86.2. The number of anilines is 2. The topological polar surface area (TPSA) is 102 Å². The molecule has 0 spiro atoms. The SMILES string of the molecule is COc1cc(Nc2ncc(-c3cccc(/C=C/C(=O)O)c3)c(-n3nc(C(F)(F)F)cc3C)n2)cc(C(F)(F)F)c1. The summed E-state index contributed by atoms with van der Waals surface area (Å²) in [6.45, 7) is 1.38. The molecule has 0 bridgehead atoms. The third kappa shape index (κ3) is 6.39. The van der Waals surface area contributed by atoms with E-state index in [2.05, 4.69) is 20.4 Å². The fourth-order valence-electron chi connectivity index (χ4n) is 3.68. The van der Waals surface area contributed by atoms with Gasteiger partial charge in [0.25, 0.3) is 0 Å². The molecule has 208 valence electrons. The predicted molar refractivity (Wildman–Crippen MR) is 132 cm³/mol. The molecular formula is C26H19F6N5O3. The van der Waals surface area contributed by atoms with Crippen molar-refractivity contribution in [1.82, 2.24) is 19.7 Å². The Bertz CT molecular complexity index is 1590. The number of aromatic nitrogens is 4. The van der Waals surface area contributed by atoms with Crippen LogP contribution in [0.1, 0.15) is 22.5 Å². The van der Waals surface area contributed by atoms with Gasteiger partial charge in [-0.3, -0.25) is 0 Å². The first-order valence-electron chi connectivity index (χ1n) is 11.3. The number of ether oxygens (including phenoxy) is 1. The molecule has 0 saturated heterocycles. The number of methoxy groups -OCH3 is 1. The van der Waals surface area contributed by atoms with Gasteiger partial charge in [0, 0.05) is 35.3 Å². The standard InChI is InChI=1S/C26H19F6N5O3/c1-14-8-21(26(30,31)32)36-37(14)23-20(16-5-3-4-15(9-16)6-7-22(38)39)13-33-24(35-23)34-18-10-17(25(27,28)29)11-19(12-18)40-2/h3-13H,1-2H3,(H,38,39)(H,33,34,35)/b7-6+. The van der Waals surface area contributed by atoms with E-state index in [1.807, 2.05) is 0 Å². The molecule has 4 rings (SSSR count). The highest BCUT2D eigenvalue weighted by Crippen LogP contribution is 2.36. The lowest BCUT2D eigenvalue weighted by atomic mass is 10.0. The molecule has 0 atom stereocenters. The van der Waals surface area contributed by atoms with Crippen molar-refractivity contribution in [2.24, 2.45) is 0 Å². The zero-order chi connectivity index (χ0) is 29.2. The Hall–Kier alpha value is -4.88. The van der Waals surface area contributed by atoms with Crippen molar-refractivity contribution < 1.29 is 41.0 Å². The third-order valence-corrected chi connectivity index (χ3v) is 5.49.